The fraction of sp³-hybridized carbons (Fsp3) is 0.130. The van der Waals surface area contributed by atoms with Crippen molar-refractivity contribution in [2.45, 2.75) is 13.0 Å². The minimum Gasteiger partial charge on any atom is -0.497 e. The Balaban J connectivity index is 1.65. The fourth-order valence-corrected chi connectivity index (χ4v) is 3.35. The van der Waals surface area contributed by atoms with Crippen molar-refractivity contribution in [1.82, 2.24) is 14.1 Å². The molecule has 0 bridgehead atoms. The van der Waals surface area contributed by atoms with E-state index < -0.39 is 0 Å². The average molecular weight is 389 g/mol. The van der Waals surface area contributed by atoms with Gasteiger partial charge in [-0.25, -0.2) is 9.18 Å². The Morgan fingerprint density at radius 2 is 1.86 bits per heavy atom. The molecule has 2 aromatic carbocycles. The number of halogens is 1. The molecule has 0 spiro atoms. The molecule has 1 atom stereocenters. The molecule has 146 valence electrons. The number of methoxy groups -OCH3 is 1. The van der Waals surface area contributed by atoms with Crippen LogP contribution in [0.2, 0.25) is 0 Å². The van der Waals surface area contributed by atoms with Gasteiger partial charge in [0, 0.05) is 24.2 Å². The first-order valence-corrected chi connectivity index (χ1v) is 9.22. The van der Waals surface area contributed by atoms with Crippen molar-refractivity contribution >= 4 is 0 Å². The van der Waals surface area contributed by atoms with Crippen LogP contribution in [0.15, 0.2) is 84.2 Å². The second kappa shape index (κ2) is 7.75. The van der Waals surface area contributed by atoms with Crippen LogP contribution in [0.3, 0.4) is 0 Å². The van der Waals surface area contributed by atoms with E-state index in [1.54, 1.807) is 65.2 Å². The Morgan fingerprint density at radius 1 is 1.07 bits per heavy atom. The second-order valence-corrected chi connectivity index (χ2v) is 6.71. The first kappa shape index (κ1) is 18.7. The first-order valence-electron chi connectivity index (χ1n) is 9.22. The van der Waals surface area contributed by atoms with E-state index in [2.05, 4.69) is 4.98 Å². The molecule has 0 aliphatic carbocycles. The number of hydrogen-bond acceptors (Lipinski definition) is 3. The molecule has 4 rings (SSSR count). The van der Waals surface area contributed by atoms with Crippen LogP contribution in [0.5, 0.6) is 5.75 Å². The van der Waals surface area contributed by atoms with Gasteiger partial charge in [-0.15, -0.1) is 0 Å². The third-order valence-corrected chi connectivity index (χ3v) is 5.03. The summed E-state index contributed by atoms with van der Waals surface area (Å²) >= 11 is 0. The Morgan fingerprint density at radius 3 is 2.59 bits per heavy atom. The molecular weight excluding hydrogens is 369 g/mol. The van der Waals surface area contributed by atoms with Gasteiger partial charge in [0.2, 0.25) is 0 Å². The monoisotopic (exact) mass is 389 g/mol. The van der Waals surface area contributed by atoms with Gasteiger partial charge in [0.05, 0.1) is 25.0 Å². The van der Waals surface area contributed by atoms with E-state index in [0.29, 0.717) is 11.3 Å². The summed E-state index contributed by atoms with van der Waals surface area (Å²) in [7, 11) is 1.62. The molecule has 2 heterocycles. The number of imidazole rings is 1. The van der Waals surface area contributed by atoms with E-state index in [9.17, 15) is 9.18 Å². The number of hydrogen-bond donors (Lipinski definition) is 0. The van der Waals surface area contributed by atoms with Crippen LogP contribution in [0.25, 0.3) is 16.8 Å². The highest BCUT2D eigenvalue weighted by molar-refractivity contribution is 5.64. The van der Waals surface area contributed by atoms with Gasteiger partial charge >= 0.3 is 5.69 Å². The quantitative estimate of drug-likeness (QED) is 0.506. The highest BCUT2D eigenvalue weighted by atomic mass is 19.1. The molecule has 0 N–H and O–H groups in total. The molecule has 1 unspecified atom stereocenters. The average Bonchev–Trinajstić information content (AvgIpc) is 3.15. The van der Waals surface area contributed by atoms with Crippen LogP contribution in [-0.4, -0.2) is 21.2 Å². The van der Waals surface area contributed by atoms with Gasteiger partial charge in [-0.3, -0.25) is 14.1 Å². The molecule has 0 saturated carbocycles. The summed E-state index contributed by atoms with van der Waals surface area (Å²) in [5.41, 5.74) is 2.75. The highest BCUT2D eigenvalue weighted by Gasteiger charge is 2.14. The third-order valence-electron chi connectivity index (χ3n) is 5.03. The second-order valence-electron chi connectivity index (χ2n) is 6.71. The van der Waals surface area contributed by atoms with E-state index in [0.717, 1.165) is 16.9 Å². The van der Waals surface area contributed by atoms with E-state index in [-0.39, 0.29) is 17.5 Å². The van der Waals surface area contributed by atoms with Crippen LogP contribution >= 0.6 is 0 Å². The van der Waals surface area contributed by atoms with Crippen LogP contribution in [-0.2, 0) is 0 Å². The standard InChI is InChI=1S/C23H20FN3O2/c1-16(18-4-3-5-20(14-18)29-2)26-12-13-27(23(26)28)19-8-6-17(7-9-19)21-10-11-25-15-22(21)24/h3-16H,1-2H3. The lowest BCUT2D eigenvalue weighted by atomic mass is 10.1. The molecule has 4 aromatic rings. The molecule has 2 aromatic heterocycles. The summed E-state index contributed by atoms with van der Waals surface area (Å²) in [6.07, 6.45) is 6.24. The summed E-state index contributed by atoms with van der Waals surface area (Å²) in [5.74, 6) is 0.372. The summed E-state index contributed by atoms with van der Waals surface area (Å²) in [4.78, 5) is 16.7. The highest BCUT2D eigenvalue weighted by Crippen LogP contribution is 2.24. The summed E-state index contributed by atoms with van der Waals surface area (Å²) in [6.45, 7) is 1.97. The van der Waals surface area contributed by atoms with Gasteiger partial charge in [-0.05, 0) is 48.4 Å². The zero-order valence-corrected chi connectivity index (χ0v) is 16.1. The minimum absolute atomic E-state index is 0.149. The molecule has 0 aliphatic heterocycles. The number of ether oxygens (including phenoxy) is 1. The molecule has 0 amide bonds. The Hall–Kier alpha value is -3.67. The molecule has 6 heteroatoms. The minimum atomic E-state index is -0.379. The van der Waals surface area contributed by atoms with Crippen molar-refractivity contribution < 1.29 is 9.13 Å². The lowest BCUT2D eigenvalue weighted by Gasteiger charge is -2.14. The summed E-state index contributed by atoms with van der Waals surface area (Å²) in [6, 6.07) is 16.3. The smallest absolute Gasteiger partial charge is 0.333 e. The molecule has 0 radical (unpaired) electrons. The van der Waals surface area contributed by atoms with Gasteiger partial charge in [-0.2, -0.15) is 0 Å². The predicted octanol–water partition coefficient (Wildman–Crippen LogP) is 4.46. The van der Waals surface area contributed by atoms with Gasteiger partial charge < -0.3 is 4.74 Å². The van der Waals surface area contributed by atoms with Crippen LogP contribution in [0.1, 0.15) is 18.5 Å². The third kappa shape index (κ3) is 3.57. The number of aromatic nitrogens is 3. The van der Waals surface area contributed by atoms with Crippen LogP contribution < -0.4 is 10.4 Å². The maximum atomic E-state index is 13.9. The van der Waals surface area contributed by atoms with Gasteiger partial charge in [-0.1, -0.05) is 24.3 Å². The van der Waals surface area contributed by atoms with E-state index in [1.165, 1.54) is 6.20 Å². The summed E-state index contributed by atoms with van der Waals surface area (Å²) < 4.78 is 22.5. The Kier molecular flexibility index (Phi) is 4.99. The van der Waals surface area contributed by atoms with E-state index >= 15 is 0 Å². The normalized spacial score (nSPS) is 12.0. The predicted molar refractivity (Wildman–Crippen MR) is 110 cm³/mol. The molecule has 0 aliphatic rings. The molecular formula is C23H20FN3O2. The van der Waals surface area contributed by atoms with E-state index in [4.69, 9.17) is 4.74 Å². The zero-order chi connectivity index (χ0) is 20.4. The number of nitrogens with zero attached hydrogens (tertiary/aromatic N) is 3. The largest absolute Gasteiger partial charge is 0.497 e. The van der Waals surface area contributed by atoms with Crippen LogP contribution in [0, 0.1) is 5.82 Å². The molecule has 29 heavy (non-hydrogen) atoms. The van der Waals surface area contributed by atoms with Crippen molar-refractivity contribution in [1.29, 1.82) is 0 Å². The van der Waals surface area contributed by atoms with Crippen molar-refractivity contribution in [3.8, 4) is 22.6 Å². The first-order chi connectivity index (χ1) is 14.1. The lowest BCUT2D eigenvalue weighted by Crippen LogP contribution is -2.25. The van der Waals surface area contributed by atoms with E-state index in [1.807, 2.05) is 31.2 Å². The van der Waals surface area contributed by atoms with Crippen molar-refractivity contribution in [3.05, 3.63) is 101 Å². The van der Waals surface area contributed by atoms with Crippen molar-refractivity contribution in [2.75, 3.05) is 7.11 Å². The van der Waals surface area contributed by atoms with Crippen LogP contribution in [0.4, 0.5) is 4.39 Å². The number of benzene rings is 2. The Labute approximate surface area is 167 Å². The van der Waals surface area contributed by atoms with Crippen molar-refractivity contribution in [2.24, 2.45) is 0 Å². The number of rotatable bonds is 5. The molecule has 0 fully saturated rings. The molecule has 0 saturated heterocycles. The van der Waals surface area contributed by atoms with Gasteiger partial charge in [0.1, 0.15) is 11.6 Å². The topological polar surface area (TPSA) is 49.0 Å². The Bertz CT molecular complexity index is 1200. The van der Waals surface area contributed by atoms with Gasteiger partial charge in [0.25, 0.3) is 0 Å². The fourth-order valence-electron chi connectivity index (χ4n) is 3.35. The molecule has 5 nitrogen and oxygen atoms in total. The van der Waals surface area contributed by atoms with Gasteiger partial charge in [0.15, 0.2) is 0 Å². The summed E-state index contributed by atoms with van der Waals surface area (Å²) in [5, 5.41) is 0. The maximum absolute atomic E-state index is 13.9. The lowest BCUT2D eigenvalue weighted by molar-refractivity contribution is 0.413. The zero-order valence-electron chi connectivity index (χ0n) is 16.1. The SMILES string of the molecule is COc1cccc(C(C)n2ccn(-c3ccc(-c4ccncc4F)cc3)c2=O)c1. The number of pyridine rings is 1. The maximum Gasteiger partial charge on any atom is 0.333 e. The van der Waals surface area contributed by atoms with Crippen molar-refractivity contribution in [3.63, 3.8) is 0 Å².